The highest BCUT2D eigenvalue weighted by Gasteiger charge is 2.23. The van der Waals surface area contributed by atoms with Gasteiger partial charge in [-0.1, -0.05) is 0 Å². The number of ether oxygens (including phenoxy) is 3. The number of benzene rings is 1. The molecule has 2 rings (SSSR count). The number of esters is 1. The van der Waals surface area contributed by atoms with E-state index in [2.05, 4.69) is 0 Å². The number of hydrogen-bond acceptors (Lipinski definition) is 5. The van der Waals surface area contributed by atoms with Crippen LogP contribution in [0.3, 0.4) is 0 Å². The predicted molar refractivity (Wildman–Crippen MR) is 65.2 cm³/mol. The molecular formula is C12H14O4S. The van der Waals surface area contributed by atoms with Gasteiger partial charge in [0.15, 0.2) is 11.5 Å². The van der Waals surface area contributed by atoms with Gasteiger partial charge in [-0.05, 0) is 19.1 Å². The molecule has 0 aliphatic carbocycles. The highest BCUT2D eigenvalue weighted by molar-refractivity contribution is 7.99. The zero-order valence-electron chi connectivity index (χ0n) is 9.82. The lowest BCUT2D eigenvalue weighted by Gasteiger charge is -2.21. The molecule has 0 saturated heterocycles. The lowest BCUT2D eigenvalue weighted by Crippen LogP contribution is -2.13. The van der Waals surface area contributed by atoms with Crippen molar-refractivity contribution in [3.63, 3.8) is 0 Å². The van der Waals surface area contributed by atoms with Crippen molar-refractivity contribution in [3.05, 3.63) is 17.7 Å². The Morgan fingerprint density at radius 3 is 3.06 bits per heavy atom. The van der Waals surface area contributed by atoms with E-state index in [1.54, 1.807) is 37.9 Å². The van der Waals surface area contributed by atoms with Crippen molar-refractivity contribution in [2.75, 3.05) is 26.1 Å². The van der Waals surface area contributed by atoms with E-state index in [-0.39, 0.29) is 5.97 Å². The lowest BCUT2D eigenvalue weighted by molar-refractivity contribution is 0.0521. The minimum atomic E-state index is -0.315. The second-order valence-electron chi connectivity index (χ2n) is 3.39. The van der Waals surface area contributed by atoms with Crippen molar-refractivity contribution in [3.8, 4) is 11.5 Å². The molecule has 0 saturated carbocycles. The topological polar surface area (TPSA) is 44.8 Å². The van der Waals surface area contributed by atoms with Crippen LogP contribution in [-0.2, 0) is 4.74 Å². The number of fused-ring (bicyclic) bond motifs is 1. The maximum Gasteiger partial charge on any atom is 0.339 e. The number of methoxy groups -OCH3 is 1. The van der Waals surface area contributed by atoms with Gasteiger partial charge in [0, 0.05) is 5.75 Å². The SMILES string of the molecule is CCOC(=O)c1ccc(OC)c2c1SCCO2. The van der Waals surface area contributed by atoms with E-state index in [9.17, 15) is 4.79 Å². The third kappa shape index (κ3) is 2.34. The molecule has 1 aliphatic rings. The quantitative estimate of drug-likeness (QED) is 0.775. The minimum absolute atomic E-state index is 0.315. The first-order valence-corrected chi connectivity index (χ1v) is 6.40. The summed E-state index contributed by atoms with van der Waals surface area (Å²) in [5.41, 5.74) is 0.548. The molecule has 0 unspecified atom stereocenters. The monoisotopic (exact) mass is 254 g/mol. The van der Waals surface area contributed by atoms with Crippen LogP contribution < -0.4 is 9.47 Å². The van der Waals surface area contributed by atoms with Gasteiger partial charge in [-0.2, -0.15) is 0 Å². The third-order valence-corrected chi connectivity index (χ3v) is 3.43. The van der Waals surface area contributed by atoms with Crippen molar-refractivity contribution >= 4 is 17.7 Å². The van der Waals surface area contributed by atoms with Gasteiger partial charge in [-0.15, -0.1) is 11.8 Å². The van der Waals surface area contributed by atoms with E-state index < -0.39 is 0 Å². The molecule has 1 aromatic carbocycles. The zero-order chi connectivity index (χ0) is 12.3. The van der Waals surface area contributed by atoms with Crippen molar-refractivity contribution in [2.24, 2.45) is 0 Å². The van der Waals surface area contributed by atoms with Gasteiger partial charge in [0.2, 0.25) is 0 Å². The average molecular weight is 254 g/mol. The van der Waals surface area contributed by atoms with Crippen LogP contribution >= 0.6 is 11.8 Å². The number of rotatable bonds is 3. The van der Waals surface area contributed by atoms with Crippen LogP contribution in [0.2, 0.25) is 0 Å². The van der Waals surface area contributed by atoms with E-state index in [1.165, 1.54) is 0 Å². The molecule has 0 atom stereocenters. The molecule has 92 valence electrons. The molecular weight excluding hydrogens is 240 g/mol. The molecule has 4 nitrogen and oxygen atoms in total. The molecule has 1 heterocycles. The maximum atomic E-state index is 11.8. The summed E-state index contributed by atoms with van der Waals surface area (Å²) in [7, 11) is 1.59. The van der Waals surface area contributed by atoms with Gasteiger partial charge in [0.1, 0.15) is 0 Å². The Hall–Kier alpha value is -1.36. The largest absolute Gasteiger partial charge is 0.493 e. The molecule has 0 N–H and O–H groups in total. The smallest absolute Gasteiger partial charge is 0.339 e. The van der Waals surface area contributed by atoms with Crippen LogP contribution in [0, 0.1) is 0 Å². The molecule has 1 aromatic rings. The Morgan fingerprint density at radius 2 is 2.35 bits per heavy atom. The Balaban J connectivity index is 2.43. The summed E-state index contributed by atoms with van der Waals surface area (Å²) < 4.78 is 15.8. The van der Waals surface area contributed by atoms with Gasteiger partial charge in [-0.3, -0.25) is 0 Å². The third-order valence-electron chi connectivity index (χ3n) is 2.37. The molecule has 0 radical (unpaired) electrons. The van der Waals surface area contributed by atoms with Crippen LogP contribution in [0.1, 0.15) is 17.3 Å². The molecule has 0 fully saturated rings. The summed E-state index contributed by atoms with van der Waals surface area (Å²) in [5, 5.41) is 0. The fourth-order valence-corrected chi connectivity index (χ4v) is 2.61. The van der Waals surface area contributed by atoms with Gasteiger partial charge < -0.3 is 14.2 Å². The van der Waals surface area contributed by atoms with Crippen LogP contribution in [0.25, 0.3) is 0 Å². The molecule has 0 bridgehead atoms. The van der Waals surface area contributed by atoms with Gasteiger partial charge >= 0.3 is 5.97 Å². The standard InChI is InChI=1S/C12H14O4S/c1-3-15-12(13)8-4-5-9(14-2)10-11(8)17-7-6-16-10/h4-5H,3,6-7H2,1-2H3. The van der Waals surface area contributed by atoms with Crippen molar-refractivity contribution in [1.82, 2.24) is 0 Å². The van der Waals surface area contributed by atoms with Crippen LogP contribution in [-0.4, -0.2) is 32.0 Å². The normalized spacial score (nSPS) is 13.5. The van der Waals surface area contributed by atoms with E-state index >= 15 is 0 Å². The summed E-state index contributed by atoms with van der Waals surface area (Å²) in [4.78, 5) is 12.6. The van der Waals surface area contributed by atoms with Gasteiger partial charge in [0.25, 0.3) is 0 Å². The Labute approximate surface area is 104 Å². The second-order valence-corrected chi connectivity index (χ2v) is 4.50. The minimum Gasteiger partial charge on any atom is -0.493 e. The van der Waals surface area contributed by atoms with Crippen molar-refractivity contribution < 1.29 is 19.0 Å². The lowest BCUT2D eigenvalue weighted by atomic mass is 10.2. The fraction of sp³-hybridized carbons (Fsp3) is 0.417. The van der Waals surface area contributed by atoms with Crippen LogP contribution in [0.15, 0.2) is 17.0 Å². The van der Waals surface area contributed by atoms with Gasteiger partial charge in [0.05, 0.1) is 30.8 Å². The number of thioether (sulfide) groups is 1. The first kappa shape index (κ1) is 12.1. The first-order chi connectivity index (χ1) is 8.27. The Morgan fingerprint density at radius 1 is 1.53 bits per heavy atom. The van der Waals surface area contributed by atoms with E-state index in [1.807, 2.05) is 0 Å². The molecule has 0 aromatic heterocycles. The van der Waals surface area contributed by atoms with E-state index in [0.717, 1.165) is 10.6 Å². The molecule has 5 heteroatoms. The first-order valence-electron chi connectivity index (χ1n) is 5.41. The Bertz CT molecular complexity index is 431. The van der Waals surface area contributed by atoms with Crippen LogP contribution in [0.5, 0.6) is 11.5 Å². The van der Waals surface area contributed by atoms with Gasteiger partial charge in [-0.25, -0.2) is 4.79 Å². The fourth-order valence-electron chi connectivity index (χ4n) is 1.64. The summed E-state index contributed by atoms with van der Waals surface area (Å²) in [6, 6.07) is 3.45. The highest BCUT2D eigenvalue weighted by Crippen LogP contribution is 2.43. The predicted octanol–water partition coefficient (Wildman–Crippen LogP) is 2.36. The highest BCUT2D eigenvalue weighted by atomic mass is 32.2. The van der Waals surface area contributed by atoms with E-state index in [0.29, 0.717) is 30.3 Å². The summed E-state index contributed by atoms with van der Waals surface area (Å²) in [5.74, 6) is 1.81. The summed E-state index contributed by atoms with van der Waals surface area (Å²) in [6.07, 6.45) is 0. The van der Waals surface area contributed by atoms with Crippen LogP contribution in [0.4, 0.5) is 0 Å². The summed E-state index contributed by atoms with van der Waals surface area (Å²) >= 11 is 1.59. The number of carbonyl (C=O) groups is 1. The number of carbonyl (C=O) groups excluding carboxylic acids is 1. The molecule has 0 spiro atoms. The average Bonchev–Trinajstić information content (AvgIpc) is 2.37. The zero-order valence-corrected chi connectivity index (χ0v) is 10.6. The van der Waals surface area contributed by atoms with E-state index in [4.69, 9.17) is 14.2 Å². The molecule has 1 aliphatic heterocycles. The summed E-state index contributed by atoms with van der Waals surface area (Å²) in [6.45, 7) is 2.78. The Kier molecular flexibility index (Phi) is 3.78. The molecule has 0 amide bonds. The maximum absolute atomic E-state index is 11.8. The number of hydrogen-bond donors (Lipinski definition) is 0. The second kappa shape index (κ2) is 5.31. The van der Waals surface area contributed by atoms with Crippen molar-refractivity contribution in [1.29, 1.82) is 0 Å². The molecule has 17 heavy (non-hydrogen) atoms. The van der Waals surface area contributed by atoms with Crippen molar-refractivity contribution in [2.45, 2.75) is 11.8 Å².